The molecule has 4 rings (SSSR count). The van der Waals surface area contributed by atoms with E-state index in [0.717, 1.165) is 35.6 Å². The molecule has 0 aromatic heterocycles. The van der Waals surface area contributed by atoms with Crippen LogP contribution in [-0.2, 0) is 11.3 Å². The van der Waals surface area contributed by atoms with Gasteiger partial charge in [0.2, 0.25) is 5.91 Å². The number of amides is 1. The second-order valence-electron chi connectivity index (χ2n) is 6.86. The smallest absolute Gasteiger partial charge is 0.248 e. The number of hydrogen-bond acceptors (Lipinski definition) is 4. The number of ether oxygens (including phenoxy) is 1. The minimum Gasteiger partial charge on any atom is -0.381 e. The second-order valence-corrected chi connectivity index (χ2v) is 7.30. The summed E-state index contributed by atoms with van der Waals surface area (Å²) in [6.07, 6.45) is 1.57. The molecule has 6 nitrogen and oxygen atoms in total. The molecule has 0 bridgehead atoms. The highest BCUT2D eigenvalue weighted by Gasteiger charge is 2.41. The Morgan fingerprint density at radius 1 is 1.19 bits per heavy atom. The third-order valence-corrected chi connectivity index (χ3v) is 5.27. The summed E-state index contributed by atoms with van der Waals surface area (Å²) in [5.41, 5.74) is 8.34. The Morgan fingerprint density at radius 3 is 2.74 bits per heavy atom. The van der Waals surface area contributed by atoms with Gasteiger partial charge in [0, 0.05) is 36.6 Å². The maximum absolute atomic E-state index is 11.5. The van der Waals surface area contributed by atoms with Gasteiger partial charge in [-0.3, -0.25) is 9.79 Å². The van der Waals surface area contributed by atoms with Crippen molar-refractivity contribution in [3.05, 3.63) is 58.6 Å². The molecule has 0 atom stereocenters. The predicted octanol–water partition coefficient (Wildman–Crippen LogP) is 3.42. The number of carbonyl (C=O) groups is 1. The molecule has 2 aromatic carbocycles. The molecule has 0 unspecified atom stereocenters. The van der Waals surface area contributed by atoms with Gasteiger partial charge in [0.25, 0.3) is 0 Å². The minimum absolute atomic E-state index is 0.347. The average molecular weight is 385 g/mol. The van der Waals surface area contributed by atoms with E-state index in [4.69, 9.17) is 27.1 Å². The van der Waals surface area contributed by atoms with Crippen molar-refractivity contribution in [1.29, 1.82) is 0 Å². The SMILES string of the molecule is NC(=O)c1ccc2c(c1)NC1(CCOCC1)C(=NCc1cccc(Cl)c1)N2. The van der Waals surface area contributed by atoms with Gasteiger partial charge < -0.3 is 21.1 Å². The summed E-state index contributed by atoms with van der Waals surface area (Å²) in [4.78, 5) is 16.4. The zero-order chi connectivity index (χ0) is 18.9. The first kappa shape index (κ1) is 17.8. The van der Waals surface area contributed by atoms with Gasteiger partial charge in [0.05, 0.1) is 23.5 Å². The fraction of sp³-hybridized carbons (Fsp3) is 0.300. The van der Waals surface area contributed by atoms with Gasteiger partial charge in [-0.05, 0) is 35.9 Å². The van der Waals surface area contributed by atoms with Gasteiger partial charge >= 0.3 is 0 Å². The molecule has 0 saturated carbocycles. The Balaban J connectivity index is 1.68. The van der Waals surface area contributed by atoms with Crippen molar-refractivity contribution in [1.82, 2.24) is 0 Å². The fourth-order valence-electron chi connectivity index (χ4n) is 3.55. The lowest BCUT2D eigenvalue weighted by atomic mass is 9.85. The molecule has 2 aromatic rings. The molecule has 1 saturated heterocycles. The van der Waals surface area contributed by atoms with Crippen molar-refractivity contribution < 1.29 is 9.53 Å². The molecular formula is C20H21ClN4O2. The van der Waals surface area contributed by atoms with Crippen LogP contribution in [0, 0.1) is 0 Å². The van der Waals surface area contributed by atoms with Crippen LogP contribution in [0.5, 0.6) is 0 Å². The van der Waals surface area contributed by atoms with Gasteiger partial charge in [-0.15, -0.1) is 0 Å². The number of rotatable bonds is 3. The Hall–Kier alpha value is -2.57. The van der Waals surface area contributed by atoms with Crippen molar-refractivity contribution >= 4 is 34.7 Å². The molecule has 2 aliphatic heterocycles. The largest absolute Gasteiger partial charge is 0.381 e. The fourth-order valence-corrected chi connectivity index (χ4v) is 3.77. The normalized spacial score (nSPS) is 19.2. The maximum Gasteiger partial charge on any atom is 0.248 e. The van der Waals surface area contributed by atoms with E-state index in [-0.39, 0.29) is 5.54 Å². The number of benzene rings is 2. The Bertz CT molecular complexity index is 907. The zero-order valence-electron chi connectivity index (χ0n) is 14.8. The molecule has 27 heavy (non-hydrogen) atoms. The van der Waals surface area contributed by atoms with Gasteiger partial charge in [-0.1, -0.05) is 23.7 Å². The first-order valence-electron chi connectivity index (χ1n) is 8.92. The number of carbonyl (C=O) groups excluding carboxylic acids is 1. The molecule has 4 N–H and O–H groups in total. The van der Waals surface area contributed by atoms with Crippen LogP contribution in [-0.4, -0.2) is 30.5 Å². The number of halogens is 1. The highest BCUT2D eigenvalue weighted by molar-refractivity contribution is 6.30. The number of anilines is 2. The van der Waals surface area contributed by atoms with Crippen molar-refractivity contribution in [2.45, 2.75) is 24.9 Å². The number of nitrogens with two attached hydrogens (primary N) is 1. The predicted molar refractivity (Wildman–Crippen MR) is 108 cm³/mol. The second kappa shape index (κ2) is 7.21. The van der Waals surface area contributed by atoms with Crippen LogP contribution in [0.1, 0.15) is 28.8 Å². The summed E-state index contributed by atoms with van der Waals surface area (Å²) >= 11 is 6.09. The first-order chi connectivity index (χ1) is 13.1. The third-order valence-electron chi connectivity index (χ3n) is 5.04. The molecule has 2 heterocycles. The van der Waals surface area contributed by atoms with Gasteiger partial charge in [0.15, 0.2) is 0 Å². The Labute approximate surface area is 162 Å². The standard InChI is InChI=1S/C20H21ClN4O2/c21-15-3-1-2-13(10-15)12-23-19-20(6-8-27-9-7-20)25-17-11-14(18(22)26)4-5-16(17)24-19/h1-5,10-11,25H,6-9,12H2,(H2,22,26)(H,23,24). The molecule has 7 heteroatoms. The summed E-state index contributed by atoms with van der Waals surface area (Å²) in [7, 11) is 0. The lowest BCUT2D eigenvalue weighted by molar-refractivity contribution is 0.0778. The van der Waals surface area contributed by atoms with Crippen LogP contribution in [0.3, 0.4) is 0 Å². The van der Waals surface area contributed by atoms with Crippen molar-refractivity contribution in [3.63, 3.8) is 0 Å². The molecule has 2 aliphatic rings. The van der Waals surface area contributed by atoms with Gasteiger partial charge in [-0.2, -0.15) is 0 Å². The van der Waals surface area contributed by atoms with Crippen LogP contribution in [0.25, 0.3) is 0 Å². The van der Waals surface area contributed by atoms with Gasteiger partial charge in [0.1, 0.15) is 5.84 Å². The van der Waals surface area contributed by atoms with Gasteiger partial charge in [-0.25, -0.2) is 0 Å². The molecule has 1 fully saturated rings. The molecule has 140 valence electrons. The highest BCUT2D eigenvalue weighted by Crippen LogP contribution is 2.37. The van der Waals surface area contributed by atoms with E-state index < -0.39 is 5.91 Å². The molecule has 1 spiro atoms. The lowest BCUT2D eigenvalue weighted by Crippen LogP contribution is -2.55. The number of primary amides is 1. The molecule has 0 radical (unpaired) electrons. The molecule has 0 aliphatic carbocycles. The van der Waals surface area contributed by atoms with Crippen LogP contribution in [0.4, 0.5) is 11.4 Å². The number of amidine groups is 1. The monoisotopic (exact) mass is 384 g/mol. The first-order valence-corrected chi connectivity index (χ1v) is 9.30. The summed E-state index contributed by atoms with van der Waals surface area (Å²) in [6, 6.07) is 13.1. The van der Waals surface area contributed by atoms with Crippen molar-refractivity contribution in [2.75, 3.05) is 23.8 Å². The zero-order valence-corrected chi connectivity index (χ0v) is 15.6. The highest BCUT2D eigenvalue weighted by atomic mass is 35.5. The van der Waals surface area contributed by atoms with E-state index in [0.29, 0.717) is 30.3 Å². The maximum atomic E-state index is 11.5. The topological polar surface area (TPSA) is 88.7 Å². The third kappa shape index (κ3) is 3.63. The Morgan fingerprint density at radius 2 is 2.00 bits per heavy atom. The van der Waals surface area contributed by atoms with E-state index in [1.165, 1.54) is 0 Å². The van der Waals surface area contributed by atoms with E-state index >= 15 is 0 Å². The van der Waals surface area contributed by atoms with E-state index in [9.17, 15) is 4.79 Å². The lowest BCUT2D eigenvalue weighted by Gasteiger charge is -2.43. The summed E-state index contributed by atoms with van der Waals surface area (Å²) in [5.74, 6) is 0.436. The number of nitrogens with one attached hydrogen (secondary N) is 2. The summed E-state index contributed by atoms with van der Waals surface area (Å²) in [6.45, 7) is 1.83. The minimum atomic E-state index is -0.443. The molecule has 1 amide bonds. The van der Waals surface area contributed by atoms with Crippen molar-refractivity contribution in [3.8, 4) is 0 Å². The summed E-state index contributed by atoms with van der Waals surface area (Å²) in [5, 5.41) is 7.76. The average Bonchev–Trinajstić information content (AvgIpc) is 2.66. The number of fused-ring (bicyclic) bond motifs is 1. The van der Waals surface area contributed by atoms with Crippen LogP contribution in [0.15, 0.2) is 47.5 Å². The van der Waals surface area contributed by atoms with E-state index in [2.05, 4.69) is 10.6 Å². The summed E-state index contributed by atoms with van der Waals surface area (Å²) < 4.78 is 5.56. The Kier molecular flexibility index (Phi) is 4.76. The van der Waals surface area contributed by atoms with Crippen LogP contribution < -0.4 is 16.4 Å². The van der Waals surface area contributed by atoms with E-state index in [1.54, 1.807) is 12.1 Å². The van der Waals surface area contributed by atoms with E-state index in [1.807, 2.05) is 30.3 Å². The van der Waals surface area contributed by atoms with Crippen molar-refractivity contribution in [2.24, 2.45) is 10.7 Å². The number of nitrogens with zero attached hydrogens (tertiary/aromatic N) is 1. The number of hydrogen-bond donors (Lipinski definition) is 3. The number of aliphatic imine (C=N–C) groups is 1. The van der Waals surface area contributed by atoms with Crippen LogP contribution in [0.2, 0.25) is 5.02 Å². The molecular weight excluding hydrogens is 364 g/mol. The van der Waals surface area contributed by atoms with Crippen LogP contribution >= 0.6 is 11.6 Å². The quantitative estimate of drug-likeness (QED) is 0.756.